The quantitative estimate of drug-likeness (QED) is 0.515. The summed E-state index contributed by atoms with van der Waals surface area (Å²) in [6.45, 7) is 4.67. The molecule has 3 aliphatic rings. The first-order chi connectivity index (χ1) is 5.14. The SMILES string of the molecule is CC1(C)C2C3CCC(C3=O)C21. The zero-order valence-electron chi connectivity index (χ0n) is 7.13. The monoisotopic (exact) mass is 150 g/mol. The molecule has 0 N–H and O–H groups in total. The topological polar surface area (TPSA) is 17.1 Å². The second-order valence-corrected chi connectivity index (χ2v) is 5.07. The highest BCUT2D eigenvalue weighted by Crippen LogP contribution is 2.74. The van der Waals surface area contributed by atoms with Gasteiger partial charge in [0.2, 0.25) is 0 Å². The summed E-state index contributed by atoms with van der Waals surface area (Å²) < 4.78 is 0. The van der Waals surface area contributed by atoms with Crippen LogP contribution >= 0.6 is 0 Å². The van der Waals surface area contributed by atoms with Crippen molar-refractivity contribution in [3.8, 4) is 0 Å². The van der Waals surface area contributed by atoms with Gasteiger partial charge in [-0.15, -0.1) is 0 Å². The molecule has 0 aromatic carbocycles. The number of carbonyl (C=O) groups excluding carboxylic acids is 1. The van der Waals surface area contributed by atoms with Gasteiger partial charge in [-0.3, -0.25) is 4.79 Å². The maximum Gasteiger partial charge on any atom is 0.139 e. The summed E-state index contributed by atoms with van der Waals surface area (Å²) in [5.74, 6) is 3.15. The molecule has 0 saturated heterocycles. The molecule has 3 aliphatic carbocycles. The van der Waals surface area contributed by atoms with Gasteiger partial charge < -0.3 is 0 Å². The molecule has 4 atom stereocenters. The maximum absolute atomic E-state index is 11.5. The Morgan fingerprint density at radius 1 is 1.18 bits per heavy atom. The lowest BCUT2D eigenvalue weighted by Gasteiger charge is -2.11. The molecule has 0 aromatic heterocycles. The Balaban J connectivity index is 2.03. The molecule has 0 aliphatic heterocycles. The molecular formula is C10H14O. The normalized spacial score (nSPS) is 56.4. The van der Waals surface area contributed by atoms with E-state index < -0.39 is 0 Å². The van der Waals surface area contributed by atoms with Crippen LogP contribution < -0.4 is 0 Å². The predicted octanol–water partition coefficient (Wildman–Crippen LogP) is 1.87. The van der Waals surface area contributed by atoms with Crippen LogP contribution in [0.25, 0.3) is 0 Å². The molecule has 60 valence electrons. The fraction of sp³-hybridized carbons (Fsp3) is 0.900. The summed E-state index contributed by atoms with van der Waals surface area (Å²) >= 11 is 0. The van der Waals surface area contributed by atoms with Gasteiger partial charge in [-0.2, -0.15) is 0 Å². The van der Waals surface area contributed by atoms with Crippen LogP contribution in [-0.2, 0) is 4.79 Å². The average molecular weight is 150 g/mol. The lowest BCUT2D eigenvalue weighted by atomic mass is 9.93. The largest absolute Gasteiger partial charge is 0.299 e. The van der Waals surface area contributed by atoms with Crippen molar-refractivity contribution < 1.29 is 4.79 Å². The van der Waals surface area contributed by atoms with Gasteiger partial charge in [0.25, 0.3) is 0 Å². The Morgan fingerprint density at radius 3 is 2.00 bits per heavy atom. The van der Waals surface area contributed by atoms with Crippen molar-refractivity contribution in [1.29, 1.82) is 0 Å². The lowest BCUT2D eigenvalue weighted by Crippen LogP contribution is -2.15. The summed E-state index contributed by atoms with van der Waals surface area (Å²) in [5, 5.41) is 0. The Morgan fingerprint density at radius 2 is 1.64 bits per heavy atom. The number of fused-ring (bicyclic) bond motifs is 5. The van der Waals surface area contributed by atoms with E-state index in [4.69, 9.17) is 0 Å². The van der Waals surface area contributed by atoms with Gasteiger partial charge in [-0.25, -0.2) is 0 Å². The van der Waals surface area contributed by atoms with E-state index >= 15 is 0 Å². The number of hydrogen-bond donors (Lipinski definition) is 0. The van der Waals surface area contributed by atoms with Crippen molar-refractivity contribution in [1.82, 2.24) is 0 Å². The molecule has 4 unspecified atom stereocenters. The molecule has 3 fully saturated rings. The third kappa shape index (κ3) is 0.473. The second-order valence-electron chi connectivity index (χ2n) is 5.07. The van der Waals surface area contributed by atoms with Crippen LogP contribution in [0.5, 0.6) is 0 Å². The van der Waals surface area contributed by atoms with E-state index in [1.807, 2.05) is 0 Å². The first kappa shape index (κ1) is 6.22. The fourth-order valence-corrected chi connectivity index (χ4v) is 3.89. The fourth-order valence-electron chi connectivity index (χ4n) is 3.89. The van der Waals surface area contributed by atoms with Gasteiger partial charge in [-0.1, -0.05) is 13.8 Å². The minimum Gasteiger partial charge on any atom is -0.299 e. The molecule has 3 rings (SSSR count). The van der Waals surface area contributed by atoms with E-state index in [-0.39, 0.29) is 0 Å². The maximum atomic E-state index is 11.5. The van der Waals surface area contributed by atoms with Crippen LogP contribution in [0.15, 0.2) is 0 Å². The number of ketones is 1. The molecule has 0 heterocycles. The highest BCUT2D eigenvalue weighted by molar-refractivity contribution is 5.90. The Kier molecular flexibility index (Phi) is 0.799. The van der Waals surface area contributed by atoms with Crippen molar-refractivity contribution in [2.75, 3.05) is 0 Å². The number of hydrogen-bond acceptors (Lipinski definition) is 1. The molecule has 2 bridgehead atoms. The van der Waals surface area contributed by atoms with Gasteiger partial charge >= 0.3 is 0 Å². The van der Waals surface area contributed by atoms with Crippen LogP contribution in [0.1, 0.15) is 26.7 Å². The number of Topliss-reactive ketones (excluding diaryl/α,β-unsaturated/α-hetero) is 1. The summed E-state index contributed by atoms with van der Waals surface area (Å²) in [5.41, 5.74) is 0.528. The zero-order valence-corrected chi connectivity index (χ0v) is 7.13. The van der Waals surface area contributed by atoms with Gasteiger partial charge in [0.05, 0.1) is 0 Å². The Hall–Kier alpha value is -0.330. The van der Waals surface area contributed by atoms with E-state index in [0.717, 1.165) is 11.8 Å². The van der Waals surface area contributed by atoms with Gasteiger partial charge in [-0.05, 0) is 30.1 Å². The van der Waals surface area contributed by atoms with Crippen molar-refractivity contribution in [2.45, 2.75) is 26.7 Å². The van der Waals surface area contributed by atoms with Crippen LogP contribution in [0.3, 0.4) is 0 Å². The van der Waals surface area contributed by atoms with Gasteiger partial charge in [0.1, 0.15) is 5.78 Å². The second kappa shape index (κ2) is 1.41. The molecule has 11 heavy (non-hydrogen) atoms. The van der Waals surface area contributed by atoms with E-state index in [0.29, 0.717) is 23.0 Å². The smallest absolute Gasteiger partial charge is 0.139 e. The average Bonchev–Trinajstić information content (AvgIpc) is 2.31. The minimum atomic E-state index is 0.486. The van der Waals surface area contributed by atoms with Gasteiger partial charge in [0, 0.05) is 11.8 Å². The first-order valence-corrected chi connectivity index (χ1v) is 4.68. The van der Waals surface area contributed by atoms with Crippen LogP contribution in [0, 0.1) is 29.1 Å². The standard InChI is InChI=1S/C10H14O/c1-10(2)7-5-3-4-6(8(7)10)9(5)11/h5-8H,3-4H2,1-2H3. The molecule has 0 radical (unpaired) electrons. The third-order valence-corrected chi connectivity index (χ3v) is 4.38. The van der Waals surface area contributed by atoms with Crippen molar-refractivity contribution in [3.63, 3.8) is 0 Å². The Labute approximate surface area is 67.2 Å². The van der Waals surface area contributed by atoms with Crippen molar-refractivity contribution >= 4 is 5.78 Å². The first-order valence-electron chi connectivity index (χ1n) is 4.68. The van der Waals surface area contributed by atoms with E-state index in [2.05, 4.69) is 13.8 Å². The molecule has 1 heteroatoms. The highest BCUT2D eigenvalue weighted by atomic mass is 16.1. The number of rotatable bonds is 0. The van der Waals surface area contributed by atoms with Crippen LogP contribution in [0.2, 0.25) is 0 Å². The van der Waals surface area contributed by atoms with Crippen LogP contribution in [0.4, 0.5) is 0 Å². The van der Waals surface area contributed by atoms with E-state index in [1.165, 1.54) is 12.8 Å². The highest BCUT2D eigenvalue weighted by Gasteiger charge is 2.73. The van der Waals surface area contributed by atoms with E-state index in [9.17, 15) is 4.79 Å². The minimum absolute atomic E-state index is 0.486. The lowest BCUT2D eigenvalue weighted by molar-refractivity contribution is -0.123. The molecule has 1 nitrogen and oxygen atoms in total. The predicted molar refractivity (Wildman–Crippen MR) is 42.0 cm³/mol. The van der Waals surface area contributed by atoms with Crippen molar-refractivity contribution in [3.05, 3.63) is 0 Å². The summed E-state index contributed by atoms with van der Waals surface area (Å²) in [7, 11) is 0. The molecule has 3 saturated carbocycles. The molecule has 0 aromatic rings. The molecule has 0 amide bonds. The summed E-state index contributed by atoms with van der Waals surface area (Å²) in [6, 6.07) is 0. The van der Waals surface area contributed by atoms with Gasteiger partial charge in [0.15, 0.2) is 0 Å². The summed E-state index contributed by atoms with van der Waals surface area (Å²) in [4.78, 5) is 11.5. The number of carbonyl (C=O) groups is 1. The van der Waals surface area contributed by atoms with E-state index in [1.54, 1.807) is 0 Å². The van der Waals surface area contributed by atoms with Crippen molar-refractivity contribution in [2.24, 2.45) is 29.1 Å². The Bertz CT molecular complexity index is 219. The van der Waals surface area contributed by atoms with Crippen LogP contribution in [-0.4, -0.2) is 5.78 Å². The zero-order chi connectivity index (χ0) is 7.80. The molecular weight excluding hydrogens is 136 g/mol. The third-order valence-electron chi connectivity index (χ3n) is 4.38. The molecule has 0 spiro atoms. The summed E-state index contributed by atoms with van der Waals surface area (Å²) in [6.07, 6.45) is 2.40.